The van der Waals surface area contributed by atoms with Crippen LogP contribution in [-0.2, 0) is 6.42 Å². The van der Waals surface area contributed by atoms with E-state index in [0.29, 0.717) is 0 Å². The lowest BCUT2D eigenvalue weighted by atomic mass is 10.1. The molecule has 0 heterocycles. The van der Waals surface area contributed by atoms with Gasteiger partial charge < -0.3 is 0 Å². The normalized spacial score (nSPS) is 9.80. The maximum Gasteiger partial charge on any atom is -0.0281 e. The molecule has 0 saturated heterocycles. The zero-order valence-corrected chi connectivity index (χ0v) is 6.72. The van der Waals surface area contributed by atoms with Crippen molar-refractivity contribution in [3.63, 3.8) is 0 Å². The van der Waals surface area contributed by atoms with E-state index in [4.69, 9.17) is 0 Å². The average molecular weight is 134 g/mol. The Labute approximate surface area is 62.9 Å². The van der Waals surface area contributed by atoms with Crippen LogP contribution in [0.4, 0.5) is 0 Å². The molecule has 0 atom stereocenters. The van der Waals surface area contributed by atoms with Crippen LogP contribution in [0.15, 0.2) is 24.3 Å². The van der Waals surface area contributed by atoms with Gasteiger partial charge in [-0.1, -0.05) is 43.2 Å². The minimum absolute atomic E-state index is 1.21. The molecule has 0 unspecified atom stereocenters. The molecule has 54 valence electrons. The Hall–Kier alpha value is -0.780. The lowest BCUT2D eigenvalue weighted by molar-refractivity contribution is 0.920. The number of aryl methyl sites for hydroxylation is 2. The molecule has 1 aromatic rings. The zero-order valence-electron chi connectivity index (χ0n) is 6.72. The Balaban J connectivity index is 2.75. The third-order valence-electron chi connectivity index (χ3n) is 1.62. The fraction of sp³-hybridized carbons (Fsp3) is 0.400. The van der Waals surface area contributed by atoms with Crippen molar-refractivity contribution in [2.75, 3.05) is 0 Å². The first-order valence-corrected chi connectivity index (χ1v) is 3.88. The lowest BCUT2D eigenvalue weighted by Crippen LogP contribution is -1.82. The molecule has 0 amide bonds. The molecule has 0 aromatic heterocycles. The molecule has 0 saturated carbocycles. The summed E-state index contributed by atoms with van der Waals surface area (Å²) in [6, 6.07) is 8.71. The van der Waals surface area contributed by atoms with E-state index in [-0.39, 0.29) is 0 Å². The highest BCUT2D eigenvalue weighted by molar-refractivity contribution is 5.21. The Kier molecular flexibility index (Phi) is 2.49. The van der Waals surface area contributed by atoms with E-state index in [0.717, 1.165) is 0 Å². The standard InChI is InChI=1S/C10H14/c1-3-5-10-7-4-6-9(2)8-10/h4,6-8H,3,5H2,1-2H3. The minimum atomic E-state index is 1.21. The molecule has 0 nitrogen and oxygen atoms in total. The summed E-state index contributed by atoms with van der Waals surface area (Å²) < 4.78 is 0. The second-order valence-electron chi connectivity index (χ2n) is 2.74. The predicted molar refractivity (Wildman–Crippen MR) is 45.2 cm³/mol. The summed E-state index contributed by atoms with van der Waals surface area (Å²) >= 11 is 0. The molecule has 0 aliphatic heterocycles. The summed E-state index contributed by atoms with van der Waals surface area (Å²) in [5.74, 6) is 0. The van der Waals surface area contributed by atoms with E-state index in [2.05, 4.69) is 38.1 Å². The van der Waals surface area contributed by atoms with Crippen LogP contribution in [0.2, 0.25) is 0 Å². The predicted octanol–water partition coefficient (Wildman–Crippen LogP) is 2.95. The van der Waals surface area contributed by atoms with Crippen molar-refractivity contribution in [1.29, 1.82) is 0 Å². The van der Waals surface area contributed by atoms with Gasteiger partial charge in [-0.05, 0) is 18.9 Å². The topological polar surface area (TPSA) is 0 Å². The number of benzene rings is 1. The first kappa shape index (κ1) is 7.33. The van der Waals surface area contributed by atoms with Crippen molar-refractivity contribution in [2.45, 2.75) is 26.7 Å². The van der Waals surface area contributed by atoms with Gasteiger partial charge in [0.15, 0.2) is 0 Å². The van der Waals surface area contributed by atoms with Crippen molar-refractivity contribution < 1.29 is 0 Å². The smallest absolute Gasteiger partial charge is 0.0281 e. The molecule has 0 bridgehead atoms. The van der Waals surface area contributed by atoms with Crippen LogP contribution in [0, 0.1) is 6.92 Å². The van der Waals surface area contributed by atoms with Crippen LogP contribution in [0.3, 0.4) is 0 Å². The van der Waals surface area contributed by atoms with Crippen LogP contribution in [0.1, 0.15) is 24.5 Å². The molecule has 10 heavy (non-hydrogen) atoms. The molecular weight excluding hydrogens is 120 g/mol. The lowest BCUT2D eigenvalue weighted by Gasteiger charge is -1.97. The van der Waals surface area contributed by atoms with Crippen molar-refractivity contribution in [3.05, 3.63) is 35.4 Å². The van der Waals surface area contributed by atoms with Gasteiger partial charge >= 0.3 is 0 Å². The quantitative estimate of drug-likeness (QED) is 0.583. The largest absolute Gasteiger partial charge is 0.0651 e. The SMILES string of the molecule is CCCc1cccc(C)c1. The van der Waals surface area contributed by atoms with Crippen LogP contribution >= 0.6 is 0 Å². The van der Waals surface area contributed by atoms with E-state index in [1.165, 1.54) is 24.0 Å². The first-order chi connectivity index (χ1) is 4.83. The second-order valence-corrected chi connectivity index (χ2v) is 2.74. The summed E-state index contributed by atoms with van der Waals surface area (Å²) in [4.78, 5) is 0. The van der Waals surface area contributed by atoms with Gasteiger partial charge in [0.2, 0.25) is 0 Å². The van der Waals surface area contributed by atoms with Crippen LogP contribution in [0.25, 0.3) is 0 Å². The maximum absolute atomic E-state index is 2.25. The minimum Gasteiger partial charge on any atom is -0.0651 e. The maximum atomic E-state index is 2.25. The first-order valence-electron chi connectivity index (χ1n) is 3.88. The second kappa shape index (κ2) is 3.40. The van der Waals surface area contributed by atoms with Gasteiger partial charge in [0.05, 0.1) is 0 Å². The summed E-state index contributed by atoms with van der Waals surface area (Å²) in [5, 5.41) is 0. The molecular formula is C10H14. The number of hydrogen-bond donors (Lipinski definition) is 0. The van der Waals surface area contributed by atoms with Crippen LogP contribution in [0.5, 0.6) is 0 Å². The monoisotopic (exact) mass is 134 g/mol. The van der Waals surface area contributed by atoms with Crippen molar-refractivity contribution in [1.82, 2.24) is 0 Å². The number of rotatable bonds is 2. The highest BCUT2D eigenvalue weighted by Crippen LogP contribution is 2.05. The third-order valence-corrected chi connectivity index (χ3v) is 1.62. The fourth-order valence-corrected chi connectivity index (χ4v) is 1.16. The van der Waals surface area contributed by atoms with E-state index >= 15 is 0 Å². The third kappa shape index (κ3) is 1.87. The Morgan fingerprint density at radius 1 is 1.30 bits per heavy atom. The van der Waals surface area contributed by atoms with Gasteiger partial charge in [0.25, 0.3) is 0 Å². The van der Waals surface area contributed by atoms with E-state index in [9.17, 15) is 0 Å². The highest BCUT2D eigenvalue weighted by atomic mass is 13.9. The molecule has 0 fully saturated rings. The van der Waals surface area contributed by atoms with Crippen LogP contribution < -0.4 is 0 Å². The van der Waals surface area contributed by atoms with Crippen molar-refractivity contribution in [2.24, 2.45) is 0 Å². The summed E-state index contributed by atoms with van der Waals surface area (Å²) in [5.41, 5.74) is 2.83. The van der Waals surface area contributed by atoms with Gasteiger partial charge in [-0.3, -0.25) is 0 Å². The molecule has 0 spiro atoms. The molecule has 0 aliphatic carbocycles. The molecule has 1 aromatic carbocycles. The fourth-order valence-electron chi connectivity index (χ4n) is 1.16. The van der Waals surface area contributed by atoms with Crippen molar-refractivity contribution in [3.8, 4) is 0 Å². The molecule has 0 radical (unpaired) electrons. The summed E-state index contributed by atoms with van der Waals surface area (Å²) in [6.07, 6.45) is 2.45. The van der Waals surface area contributed by atoms with E-state index in [1.807, 2.05) is 0 Å². The van der Waals surface area contributed by atoms with Gasteiger partial charge in [-0.2, -0.15) is 0 Å². The zero-order chi connectivity index (χ0) is 7.40. The van der Waals surface area contributed by atoms with Gasteiger partial charge in [0.1, 0.15) is 0 Å². The van der Waals surface area contributed by atoms with Gasteiger partial charge in [-0.15, -0.1) is 0 Å². The van der Waals surface area contributed by atoms with Gasteiger partial charge in [-0.25, -0.2) is 0 Å². The van der Waals surface area contributed by atoms with E-state index in [1.54, 1.807) is 0 Å². The Morgan fingerprint density at radius 2 is 2.10 bits per heavy atom. The van der Waals surface area contributed by atoms with E-state index < -0.39 is 0 Å². The average Bonchev–Trinajstić information content (AvgIpc) is 1.88. The molecule has 0 heteroatoms. The highest BCUT2D eigenvalue weighted by Gasteiger charge is 1.88. The molecule has 0 N–H and O–H groups in total. The van der Waals surface area contributed by atoms with Crippen molar-refractivity contribution >= 4 is 0 Å². The Bertz CT molecular complexity index is 201. The summed E-state index contributed by atoms with van der Waals surface area (Å²) in [7, 11) is 0. The summed E-state index contributed by atoms with van der Waals surface area (Å²) in [6.45, 7) is 4.35. The molecule has 0 aliphatic rings. The molecule has 1 rings (SSSR count). The Morgan fingerprint density at radius 3 is 2.70 bits per heavy atom. The van der Waals surface area contributed by atoms with Crippen LogP contribution in [-0.4, -0.2) is 0 Å². The van der Waals surface area contributed by atoms with Gasteiger partial charge in [0, 0.05) is 0 Å². The number of hydrogen-bond acceptors (Lipinski definition) is 0.